The summed E-state index contributed by atoms with van der Waals surface area (Å²) in [6.07, 6.45) is 0.544. The van der Waals surface area contributed by atoms with Crippen molar-refractivity contribution in [2.45, 2.75) is 16.2 Å². The minimum absolute atomic E-state index is 0. The smallest absolute Gasteiger partial charge is 0.113 e. The van der Waals surface area contributed by atoms with Gasteiger partial charge in [0.05, 0.1) is 0 Å². The van der Waals surface area contributed by atoms with E-state index in [2.05, 4.69) is 128 Å². The number of hydrogen-bond acceptors (Lipinski definition) is 0. The van der Waals surface area contributed by atoms with Crippen molar-refractivity contribution in [2.75, 3.05) is 0 Å². The molecular formula is C28H25Cl2P2Pd-. The van der Waals surface area contributed by atoms with Crippen LogP contribution in [0, 0.1) is 6.92 Å². The Bertz CT molecular complexity index is 934. The van der Waals surface area contributed by atoms with Crippen molar-refractivity contribution < 1.29 is 20.4 Å². The molecule has 0 aromatic heterocycles. The first-order chi connectivity index (χ1) is 15.7. The largest absolute Gasteiger partial charge is 0.342 e. The first-order valence-electron chi connectivity index (χ1n) is 10.6. The summed E-state index contributed by atoms with van der Waals surface area (Å²) >= 11 is 15.1. The van der Waals surface area contributed by atoms with E-state index in [1.807, 2.05) is 0 Å². The van der Waals surface area contributed by atoms with E-state index in [9.17, 15) is 0 Å². The number of halogens is 2. The van der Waals surface area contributed by atoms with Crippen molar-refractivity contribution in [1.29, 1.82) is 0 Å². The third-order valence-electron chi connectivity index (χ3n) is 5.34. The molecule has 0 radical (unpaired) electrons. The molecule has 33 heavy (non-hydrogen) atoms. The van der Waals surface area contributed by atoms with Gasteiger partial charge in [-0.25, -0.2) is 0 Å². The van der Waals surface area contributed by atoms with E-state index in [-0.39, 0.29) is 25.8 Å². The molecule has 0 saturated heterocycles. The summed E-state index contributed by atoms with van der Waals surface area (Å²) in [4.78, 5) is 0. The zero-order valence-electron chi connectivity index (χ0n) is 18.0. The molecule has 0 spiro atoms. The molecule has 172 valence electrons. The van der Waals surface area contributed by atoms with Crippen molar-refractivity contribution in [3.63, 3.8) is 0 Å². The van der Waals surface area contributed by atoms with Crippen LogP contribution in [0.2, 0.25) is 0 Å². The molecule has 0 aliphatic heterocycles. The normalized spacial score (nSPS) is 12.4. The molecule has 0 fully saturated rings. The third kappa shape index (κ3) is 5.80. The van der Waals surface area contributed by atoms with Gasteiger partial charge in [0, 0.05) is 25.8 Å². The van der Waals surface area contributed by atoms with Crippen LogP contribution < -0.4 is 21.2 Å². The Hall–Kier alpha value is -1.02. The molecular weight excluding hydrogens is 576 g/mol. The van der Waals surface area contributed by atoms with Gasteiger partial charge >= 0.3 is 0 Å². The SMILES string of the molecule is [CH2-]CC(Cl)C(Cl)(P(c1ccccc1)c1ccccc1)P(c1ccccc1)c1ccccc1.[Pd]. The van der Waals surface area contributed by atoms with Gasteiger partial charge in [-0.05, 0) is 37.1 Å². The molecule has 0 amide bonds. The molecule has 4 aromatic rings. The predicted octanol–water partition coefficient (Wildman–Crippen LogP) is 6.97. The van der Waals surface area contributed by atoms with Gasteiger partial charge in [0.15, 0.2) is 0 Å². The Kier molecular flexibility index (Phi) is 10.2. The van der Waals surface area contributed by atoms with Crippen LogP contribution in [-0.2, 0) is 20.4 Å². The van der Waals surface area contributed by atoms with Crippen molar-refractivity contribution in [3.05, 3.63) is 128 Å². The summed E-state index contributed by atoms with van der Waals surface area (Å²) in [6, 6.07) is 42.4. The topological polar surface area (TPSA) is 0 Å². The maximum absolute atomic E-state index is 7.95. The molecule has 0 bridgehead atoms. The fourth-order valence-electron chi connectivity index (χ4n) is 3.89. The molecule has 0 aliphatic carbocycles. The molecule has 0 heterocycles. The summed E-state index contributed by atoms with van der Waals surface area (Å²) in [5.74, 6) is 0. The van der Waals surface area contributed by atoms with Gasteiger partial charge in [-0.2, -0.15) is 6.42 Å². The van der Waals surface area contributed by atoms with Crippen LogP contribution in [0.1, 0.15) is 6.42 Å². The molecule has 0 nitrogen and oxygen atoms in total. The van der Waals surface area contributed by atoms with Crippen molar-refractivity contribution in [1.82, 2.24) is 0 Å². The van der Waals surface area contributed by atoms with Crippen molar-refractivity contribution in [2.24, 2.45) is 0 Å². The van der Waals surface area contributed by atoms with Gasteiger partial charge in [-0.3, -0.25) is 0 Å². The molecule has 4 rings (SSSR count). The van der Waals surface area contributed by atoms with Gasteiger partial charge in [0.1, 0.15) is 4.36 Å². The average molecular weight is 601 g/mol. The van der Waals surface area contributed by atoms with Gasteiger partial charge < -0.3 is 6.92 Å². The monoisotopic (exact) mass is 599 g/mol. The molecule has 5 heteroatoms. The number of alkyl halides is 2. The molecule has 1 unspecified atom stereocenters. The van der Waals surface area contributed by atoms with Crippen LogP contribution in [-0.4, -0.2) is 9.73 Å². The average Bonchev–Trinajstić information content (AvgIpc) is 2.86. The Morgan fingerprint density at radius 2 is 0.818 bits per heavy atom. The van der Waals surface area contributed by atoms with Crippen LogP contribution in [0.3, 0.4) is 0 Å². The second kappa shape index (κ2) is 12.6. The number of benzene rings is 4. The maximum Gasteiger partial charge on any atom is 0.113 e. The van der Waals surface area contributed by atoms with Gasteiger partial charge in [0.25, 0.3) is 0 Å². The Morgan fingerprint density at radius 1 is 0.576 bits per heavy atom. The first kappa shape index (κ1) is 26.6. The van der Waals surface area contributed by atoms with Crippen LogP contribution in [0.15, 0.2) is 121 Å². The van der Waals surface area contributed by atoms with Crippen LogP contribution in [0.25, 0.3) is 0 Å². The zero-order chi connectivity index (χ0) is 22.4. The second-order valence-corrected chi connectivity index (χ2v) is 14.2. The van der Waals surface area contributed by atoms with E-state index in [1.165, 1.54) is 21.2 Å². The Morgan fingerprint density at radius 3 is 1.03 bits per heavy atom. The minimum atomic E-state index is -1.01. The van der Waals surface area contributed by atoms with E-state index < -0.39 is 20.2 Å². The fraction of sp³-hybridized carbons (Fsp3) is 0.107. The summed E-state index contributed by atoms with van der Waals surface area (Å²) in [5.41, 5.74) is 0. The van der Waals surface area contributed by atoms with Crippen LogP contribution >= 0.6 is 39.0 Å². The van der Waals surface area contributed by atoms with E-state index in [0.717, 1.165) is 0 Å². The van der Waals surface area contributed by atoms with Crippen molar-refractivity contribution >= 4 is 60.3 Å². The third-order valence-corrected chi connectivity index (χ3v) is 13.9. The molecule has 1 atom stereocenters. The second-order valence-electron chi connectivity index (χ2n) is 7.41. The first-order valence-corrected chi connectivity index (χ1v) is 14.1. The summed E-state index contributed by atoms with van der Waals surface area (Å²) in [6.45, 7) is 4.20. The molecule has 0 N–H and O–H groups in total. The Labute approximate surface area is 223 Å². The maximum atomic E-state index is 7.95. The van der Waals surface area contributed by atoms with E-state index in [0.29, 0.717) is 6.42 Å². The Balaban J connectivity index is 0.00000306. The molecule has 0 aliphatic rings. The van der Waals surface area contributed by atoms with Gasteiger partial charge in [0.2, 0.25) is 0 Å². The molecule has 4 aromatic carbocycles. The standard InChI is InChI=1S/C28H25Cl2P2.Pd/c1-2-27(29)28(30,31(23-15-7-3-8-16-23)24-17-9-4-10-18-24)32(25-19-11-5-12-20-25)26-21-13-6-14-22-26;/h3-22,27H,1-2H2;/q-1;. The number of hydrogen-bond donors (Lipinski definition) is 0. The van der Waals surface area contributed by atoms with E-state index in [4.69, 9.17) is 23.2 Å². The van der Waals surface area contributed by atoms with E-state index >= 15 is 0 Å². The summed E-state index contributed by atoms with van der Waals surface area (Å²) in [7, 11) is -2.01. The van der Waals surface area contributed by atoms with Crippen molar-refractivity contribution in [3.8, 4) is 0 Å². The molecule has 0 saturated carbocycles. The quantitative estimate of drug-likeness (QED) is 0.0887. The zero-order valence-corrected chi connectivity index (χ0v) is 22.9. The minimum Gasteiger partial charge on any atom is -0.342 e. The number of rotatable bonds is 8. The van der Waals surface area contributed by atoms with E-state index in [1.54, 1.807) is 0 Å². The van der Waals surface area contributed by atoms with Gasteiger partial charge in [-0.1, -0.05) is 121 Å². The van der Waals surface area contributed by atoms with Crippen LogP contribution in [0.4, 0.5) is 0 Å². The van der Waals surface area contributed by atoms with Gasteiger partial charge in [-0.15, -0.1) is 23.2 Å². The van der Waals surface area contributed by atoms with Crippen LogP contribution in [0.5, 0.6) is 0 Å². The summed E-state index contributed by atoms with van der Waals surface area (Å²) < 4.78 is -0.737. The fourth-order valence-corrected chi connectivity index (χ4v) is 12.7. The predicted molar refractivity (Wildman–Crippen MR) is 146 cm³/mol. The summed E-state index contributed by atoms with van der Waals surface area (Å²) in [5, 5.41) is 4.58.